The van der Waals surface area contributed by atoms with E-state index in [1.54, 1.807) is 30.5 Å². The molecule has 0 spiro atoms. The van der Waals surface area contributed by atoms with Crippen LogP contribution in [0.4, 0.5) is 4.39 Å². The summed E-state index contributed by atoms with van der Waals surface area (Å²) in [5.41, 5.74) is 5.82. The molecule has 108 valence electrons. The van der Waals surface area contributed by atoms with Crippen molar-refractivity contribution in [2.24, 2.45) is 5.73 Å². The SMILES string of the molecule is CC(NS(=O)(=O)c1ccsc1CN)c1ccccc1F. The molecule has 0 aliphatic carbocycles. The molecule has 1 heterocycles. The molecule has 1 aromatic heterocycles. The highest BCUT2D eigenvalue weighted by atomic mass is 32.2. The normalized spacial score (nSPS) is 13.3. The molecule has 0 saturated heterocycles. The minimum absolute atomic E-state index is 0.155. The van der Waals surface area contributed by atoms with Gasteiger partial charge in [0.1, 0.15) is 5.82 Å². The van der Waals surface area contributed by atoms with Crippen LogP contribution < -0.4 is 10.5 Å². The molecule has 20 heavy (non-hydrogen) atoms. The molecule has 2 aromatic rings. The highest BCUT2D eigenvalue weighted by Crippen LogP contribution is 2.24. The fourth-order valence-electron chi connectivity index (χ4n) is 1.90. The van der Waals surface area contributed by atoms with Crippen molar-refractivity contribution in [2.45, 2.75) is 24.4 Å². The molecular formula is C13H15FN2O2S2. The number of sulfonamides is 1. The summed E-state index contributed by atoms with van der Waals surface area (Å²) in [6.07, 6.45) is 0. The second kappa shape index (κ2) is 6.01. The van der Waals surface area contributed by atoms with Gasteiger partial charge in [-0.1, -0.05) is 18.2 Å². The van der Waals surface area contributed by atoms with Crippen LogP contribution in [0.15, 0.2) is 40.6 Å². The number of benzene rings is 1. The maximum absolute atomic E-state index is 13.7. The van der Waals surface area contributed by atoms with Crippen LogP contribution in [0.5, 0.6) is 0 Å². The molecule has 0 aliphatic rings. The average Bonchev–Trinajstić information content (AvgIpc) is 2.87. The van der Waals surface area contributed by atoms with Crippen molar-refractivity contribution in [1.29, 1.82) is 0 Å². The van der Waals surface area contributed by atoms with Crippen LogP contribution in [0.25, 0.3) is 0 Å². The number of nitrogens with one attached hydrogen (secondary N) is 1. The van der Waals surface area contributed by atoms with Gasteiger partial charge in [0.05, 0.1) is 4.90 Å². The van der Waals surface area contributed by atoms with E-state index >= 15 is 0 Å². The number of rotatable bonds is 5. The Morgan fingerprint density at radius 1 is 1.35 bits per heavy atom. The molecular weight excluding hydrogens is 299 g/mol. The van der Waals surface area contributed by atoms with Crippen molar-refractivity contribution in [3.8, 4) is 0 Å². The Morgan fingerprint density at radius 2 is 2.05 bits per heavy atom. The zero-order chi connectivity index (χ0) is 14.8. The molecule has 7 heteroatoms. The number of hydrogen-bond donors (Lipinski definition) is 2. The van der Waals surface area contributed by atoms with Crippen molar-refractivity contribution in [2.75, 3.05) is 0 Å². The smallest absolute Gasteiger partial charge is 0.242 e. The number of halogens is 1. The maximum Gasteiger partial charge on any atom is 0.242 e. The second-order valence-electron chi connectivity index (χ2n) is 4.28. The molecule has 0 amide bonds. The van der Waals surface area contributed by atoms with Gasteiger partial charge in [0.2, 0.25) is 10.0 Å². The zero-order valence-electron chi connectivity index (χ0n) is 10.8. The highest BCUT2D eigenvalue weighted by Gasteiger charge is 2.23. The molecule has 1 unspecified atom stereocenters. The Balaban J connectivity index is 2.27. The average molecular weight is 314 g/mol. The Kier molecular flexibility index (Phi) is 4.54. The molecule has 1 atom stereocenters. The standard InChI is InChI=1S/C13H15FN2O2S2/c1-9(10-4-2-3-5-11(10)14)16-20(17,18)13-6-7-19-12(13)8-15/h2-7,9,16H,8,15H2,1H3. The molecule has 0 radical (unpaired) electrons. The first-order valence-corrected chi connectivity index (χ1v) is 8.35. The van der Waals surface area contributed by atoms with E-state index in [-0.39, 0.29) is 11.4 Å². The van der Waals surface area contributed by atoms with E-state index < -0.39 is 21.9 Å². The van der Waals surface area contributed by atoms with Crippen molar-refractivity contribution in [1.82, 2.24) is 4.72 Å². The summed E-state index contributed by atoms with van der Waals surface area (Å²) in [6.45, 7) is 1.76. The lowest BCUT2D eigenvalue weighted by Gasteiger charge is -2.15. The maximum atomic E-state index is 13.7. The predicted molar refractivity (Wildman–Crippen MR) is 77.3 cm³/mol. The van der Waals surface area contributed by atoms with Gasteiger partial charge in [-0.3, -0.25) is 0 Å². The topological polar surface area (TPSA) is 72.2 Å². The summed E-state index contributed by atoms with van der Waals surface area (Å²) in [6, 6.07) is 6.93. The fraction of sp³-hybridized carbons (Fsp3) is 0.231. The van der Waals surface area contributed by atoms with Crippen molar-refractivity contribution >= 4 is 21.4 Å². The zero-order valence-corrected chi connectivity index (χ0v) is 12.5. The van der Waals surface area contributed by atoms with Gasteiger partial charge in [0, 0.05) is 23.0 Å². The Labute approximate surface area is 121 Å². The van der Waals surface area contributed by atoms with E-state index in [0.717, 1.165) is 0 Å². The van der Waals surface area contributed by atoms with Crippen molar-refractivity contribution in [3.63, 3.8) is 0 Å². The summed E-state index contributed by atoms with van der Waals surface area (Å²) in [4.78, 5) is 0.742. The first-order chi connectivity index (χ1) is 9.45. The Morgan fingerprint density at radius 3 is 2.70 bits per heavy atom. The summed E-state index contributed by atoms with van der Waals surface area (Å²) in [5.74, 6) is -0.438. The molecule has 3 N–H and O–H groups in total. The first-order valence-electron chi connectivity index (χ1n) is 5.99. The van der Waals surface area contributed by atoms with Crippen LogP contribution in [0.2, 0.25) is 0 Å². The third kappa shape index (κ3) is 3.06. The first kappa shape index (κ1) is 15.1. The van der Waals surface area contributed by atoms with Crippen LogP contribution in [0, 0.1) is 5.82 Å². The minimum Gasteiger partial charge on any atom is -0.326 e. The number of hydrogen-bond acceptors (Lipinski definition) is 4. The van der Waals surface area contributed by atoms with Gasteiger partial charge in [-0.2, -0.15) is 0 Å². The summed E-state index contributed by atoms with van der Waals surface area (Å²) in [7, 11) is -3.71. The Bertz CT molecular complexity index is 698. The molecule has 0 aliphatic heterocycles. The minimum atomic E-state index is -3.71. The highest BCUT2D eigenvalue weighted by molar-refractivity contribution is 7.89. The lowest BCUT2D eigenvalue weighted by atomic mass is 10.1. The molecule has 2 rings (SSSR count). The van der Waals surface area contributed by atoms with Gasteiger partial charge >= 0.3 is 0 Å². The van der Waals surface area contributed by atoms with Crippen LogP contribution in [-0.4, -0.2) is 8.42 Å². The van der Waals surface area contributed by atoms with E-state index in [9.17, 15) is 12.8 Å². The van der Waals surface area contributed by atoms with Crippen LogP contribution in [-0.2, 0) is 16.6 Å². The Hall–Kier alpha value is -1.28. The van der Waals surface area contributed by atoms with Gasteiger partial charge in [-0.25, -0.2) is 17.5 Å². The van der Waals surface area contributed by atoms with E-state index in [0.29, 0.717) is 10.4 Å². The van der Waals surface area contributed by atoms with Crippen LogP contribution >= 0.6 is 11.3 Å². The number of nitrogens with two attached hydrogens (primary N) is 1. The van der Waals surface area contributed by atoms with Gasteiger partial charge in [0.15, 0.2) is 0 Å². The van der Waals surface area contributed by atoms with Crippen LogP contribution in [0.3, 0.4) is 0 Å². The number of thiophene rings is 1. The summed E-state index contributed by atoms with van der Waals surface area (Å²) in [5, 5.41) is 1.67. The third-order valence-corrected chi connectivity index (χ3v) is 5.58. The lowest BCUT2D eigenvalue weighted by Crippen LogP contribution is -2.28. The largest absolute Gasteiger partial charge is 0.326 e. The quantitative estimate of drug-likeness (QED) is 0.890. The van der Waals surface area contributed by atoms with Gasteiger partial charge in [0.25, 0.3) is 0 Å². The molecule has 0 bridgehead atoms. The lowest BCUT2D eigenvalue weighted by molar-refractivity contribution is 0.549. The summed E-state index contributed by atoms with van der Waals surface area (Å²) < 4.78 is 40.7. The molecule has 4 nitrogen and oxygen atoms in total. The van der Waals surface area contributed by atoms with Gasteiger partial charge in [-0.05, 0) is 24.4 Å². The van der Waals surface area contributed by atoms with Gasteiger partial charge < -0.3 is 5.73 Å². The monoisotopic (exact) mass is 314 g/mol. The van der Waals surface area contributed by atoms with E-state index in [1.165, 1.54) is 23.5 Å². The fourth-order valence-corrected chi connectivity index (χ4v) is 4.46. The summed E-state index contributed by atoms with van der Waals surface area (Å²) >= 11 is 1.28. The van der Waals surface area contributed by atoms with Gasteiger partial charge in [-0.15, -0.1) is 11.3 Å². The predicted octanol–water partition coefficient (Wildman–Crippen LogP) is 2.39. The molecule has 0 fully saturated rings. The van der Waals surface area contributed by atoms with Crippen LogP contribution in [0.1, 0.15) is 23.4 Å². The van der Waals surface area contributed by atoms with E-state index in [4.69, 9.17) is 5.73 Å². The second-order valence-corrected chi connectivity index (χ2v) is 6.96. The van der Waals surface area contributed by atoms with E-state index in [2.05, 4.69) is 4.72 Å². The molecule has 0 saturated carbocycles. The third-order valence-electron chi connectivity index (χ3n) is 2.88. The van der Waals surface area contributed by atoms with E-state index in [1.807, 2.05) is 0 Å². The van der Waals surface area contributed by atoms with Crippen molar-refractivity contribution in [3.05, 3.63) is 52.0 Å². The van der Waals surface area contributed by atoms with Crippen molar-refractivity contribution < 1.29 is 12.8 Å². The molecule has 1 aromatic carbocycles.